The highest BCUT2D eigenvalue weighted by molar-refractivity contribution is 5.61. The molecule has 5 heteroatoms. The molecule has 0 fully saturated rings. The molecule has 0 spiro atoms. The van der Waals surface area contributed by atoms with Gasteiger partial charge in [0.05, 0.1) is 0 Å². The number of aryl methyl sites for hydroxylation is 1. The van der Waals surface area contributed by atoms with E-state index in [0.717, 1.165) is 30.0 Å². The fraction of sp³-hybridized carbons (Fsp3) is 0.238. The molecule has 3 rings (SSSR count). The highest BCUT2D eigenvalue weighted by atomic mass is 19.1. The molecule has 26 heavy (non-hydrogen) atoms. The molecule has 0 amide bonds. The fourth-order valence-electron chi connectivity index (χ4n) is 2.83. The van der Waals surface area contributed by atoms with Gasteiger partial charge in [-0.25, -0.2) is 9.37 Å². The standard InChI is InChI=1S/C21H23FN4/c1-3-26(19-6-4-5-16(2)15-19)20-12-14-24-21(25-20)23-13-11-17-7-9-18(22)10-8-17/h4-10,12,14-15H,3,11,13H2,1-2H3,(H,23,24,25). The first-order valence-corrected chi connectivity index (χ1v) is 8.81. The van der Waals surface area contributed by atoms with Gasteiger partial charge in [0, 0.05) is 25.0 Å². The van der Waals surface area contributed by atoms with Crippen molar-refractivity contribution in [2.24, 2.45) is 0 Å². The van der Waals surface area contributed by atoms with Gasteiger partial charge in [0.2, 0.25) is 5.95 Å². The average molecular weight is 350 g/mol. The van der Waals surface area contributed by atoms with Gasteiger partial charge in [-0.3, -0.25) is 0 Å². The SMILES string of the molecule is CCN(c1cccc(C)c1)c1ccnc(NCCc2ccc(F)cc2)n1. The first-order chi connectivity index (χ1) is 12.7. The molecule has 0 atom stereocenters. The Morgan fingerprint density at radius 2 is 1.88 bits per heavy atom. The van der Waals surface area contributed by atoms with Crippen molar-refractivity contribution >= 4 is 17.5 Å². The zero-order chi connectivity index (χ0) is 18.4. The molecule has 3 aromatic rings. The lowest BCUT2D eigenvalue weighted by Crippen LogP contribution is -2.18. The Hall–Kier alpha value is -2.95. The van der Waals surface area contributed by atoms with Crippen LogP contribution in [-0.4, -0.2) is 23.1 Å². The maximum absolute atomic E-state index is 13.0. The molecule has 0 aliphatic carbocycles. The molecule has 0 aliphatic rings. The molecule has 0 unspecified atom stereocenters. The van der Waals surface area contributed by atoms with E-state index in [1.165, 1.54) is 17.7 Å². The normalized spacial score (nSPS) is 10.6. The maximum Gasteiger partial charge on any atom is 0.224 e. The van der Waals surface area contributed by atoms with E-state index in [2.05, 4.69) is 58.3 Å². The molecule has 134 valence electrons. The van der Waals surface area contributed by atoms with Crippen molar-refractivity contribution < 1.29 is 4.39 Å². The second-order valence-electron chi connectivity index (χ2n) is 6.12. The van der Waals surface area contributed by atoms with Crippen LogP contribution in [0.15, 0.2) is 60.8 Å². The first kappa shape index (κ1) is 17.9. The van der Waals surface area contributed by atoms with E-state index in [9.17, 15) is 4.39 Å². The van der Waals surface area contributed by atoms with Gasteiger partial charge in [0.25, 0.3) is 0 Å². The molecule has 4 nitrogen and oxygen atoms in total. The molecule has 1 N–H and O–H groups in total. The summed E-state index contributed by atoms with van der Waals surface area (Å²) in [6, 6.07) is 16.8. The van der Waals surface area contributed by atoms with Crippen molar-refractivity contribution in [2.45, 2.75) is 20.3 Å². The lowest BCUT2D eigenvalue weighted by atomic mass is 10.1. The van der Waals surface area contributed by atoms with Crippen LogP contribution in [0.4, 0.5) is 21.8 Å². The van der Waals surface area contributed by atoms with Gasteiger partial charge in [0.1, 0.15) is 11.6 Å². The summed E-state index contributed by atoms with van der Waals surface area (Å²) in [5, 5.41) is 3.25. The minimum Gasteiger partial charge on any atom is -0.354 e. The fourth-order valence-corrected chi connectivity index (χ4v) is 2.83. The van der Waals surface area contributed by atoms with Crippen LogP contribution in [0.2, 0.25) is 0 Å². The third-order valence-electron chi connectivity index (χ3n) is 4.16. The molecule has 1 heterocycles. The van der Waals surface area contributed by atoms with Gasteiger partial charge in [-0.15, -0.1) is 0 Å². The van der Waals surface area contributed by atoms with Gasteiger partial charge in [-0.05, 0) is 61.7 Å². The number of halogens is 1. The minimum atomic E-state index is -0.214. The van der Waals surface area contributed by atoms with Crippen molar-refractivity contribution in [3.63, 3.8) is 0 Å². The van der Waals surface area contributed by atoms with Crippen molar-refractivity contribution in [3.05, 3.63) is 77.7 Å². The van der Waals surface area contributed by atoms with Crippen LogP contribution >= 0.6 is 0 Å². The van der Waals surface area contributed by atoms with Crippen LogP contribution in [-0.2, 0) is 6.42 Å². The number of benzene rings is 2. The zero-order valence-electron chi connectivity index (χ0n) is 15.1. The molecule has 0 aliphatic heterocycles. The van der Waals surface area contributed by atoms with E-state index in [1.54, 1.807) is 18.3 Å². The lowest BCUT2D eigenvalue weighted by molar-refractivity contribution is 0.627. The van der Waals surface area contributed by atoms with Gasteiger partial charge >= 0.3 is 0 Å². The summed E-state index contributed by atoms with van der Waals surface area (Å²) >= 11 is 0. The number of nitrogens with zero attached hydrogens (tertiary/aromatic N) is 3. The number of aromatic nitrogens is 2. The quantitative estimate of drug-likeness (QED) is 0.668. The van der Waals surface area contributed by atoms with Crippen LogP contribution in [0.1, 0.15) is 18.1 Å². The highest BCUT2D eigenvalue weighted by Gasteiger charge is 2.10. The topological polar surface area (TPSA) is 41.1 Å². The predicted octanol–water partition coefficient (Wildman–Crippen LogP) is 4.74. The predicted molar refractivity (Wildman–Crippen MR) is 104 cm³/mol. The summed E-state index contributed by atoms with van der Waals surface area (Å²) in [6.07, 6.45) is 2.55. The van der Waals surface area contributed by atoms with Crippen LogP contribution < -0.4 is 10.2 Å². The summed E-state index contributed by atoms with van der Waals surface area (Å²) in [5.74, 6) is 1.24. The van der Waals surface area contributed by atoms with E-state index in [-0.39, 0.29) is 5.82 Å². The van der Waals surface area contributed by atoms with Crippen molar-refractivity contribution in [1.82, 2.24) is 9.97 Å². The molecular formula is C21H23FN4. The van der Waals surface area contributed by atoms with Crippen LogP contribution in [0, 0.1) is 12.7 Å². The monoisotopic (exact) mass is 350 g/mol. The molecule has 0 bridgehead atoms. The second-order valence-corrected chi connectivity index (χ2v) is 6.12. The van der Waals surface area contributed by atoms with E-state index < -0.39 is 0 Å². The summed E-state index contributed by atoms with van der Waals surface area (Å²) in [5.41, 5.74) is 3.40. The average Bonchev–Trinajstić information content (AvgIpc) is 2.65. The second kappa shape index (κ2) is 8.43. The molecular weight excluding hydrogens is 327 g/mol. The maximum atomic E-state index is 13.0. The largest absolute Gasteiger partial charge is 0.354 e. The Labute approximate surface area is 153 Å². The van der Waals surface area contributed by atoms with Crippen LogP contribution in [0.5, 0.6) is 0 Å². The number of rotatable bonds is 7. The van der Waals surface area contributed by atoms with Gasteiger partial charge in [-0.2, -0.15) is 4.98 Å². The van der Waals surface area contributed by atoms with Gasteiger partial charge < -0.3 is 10.2 Å². The smallest absolute Gasteiger partial charge is 0.224 e. The number of nitrogens with one attached hydrogen (secondary N) is 1. The van der Waals surface area contributed by atoms with Crippen molar-refractivity contribution in [2.75, 3.05) is 23.3 Å². The van der Waals surface area contributed by atoms with Gasteiger partial charge in [0.15, 0.2) is 0 Å². The number of hydrogen-bond donors (Lipinski definition) is 1. The third-order valence-corrected chi connectivity index (χ3v) is 4.16. The summed E-state index contributed by atoms with van der Waals surface area (Å²) < 4.78 is 13.0. The third kappa shape index (κ3) is 4.57. The van der Waals surface area contributed by atoms with Crippen LogP contribution in [0.25, 0.3) is 0 Å². The molecule has 1 aromatic heterocycles. The molecule has 2 aromatic carbocycles. The zero-order valence-corrected chi connectivity index (χ0v) is 15.1. The molecule has 0 radical (unpaired) electrons. The first-order valence-electron chi connectivity index (χ1n) is 8.81. The summed E-state index contributed by atoms with van der Waals surface area (Å²) in [4.78, 5) is 11.1. The number of hydrogen-bond acceptors (Lipinski definition) is 4. The lowest BCUT2D eigenvalue weighted by Gasteiger charge is -2.22. The van der Waals surface area contributed by atoms with Gasteiger partial charge in [-0.1, -0.05) is 24.3 Å². The van der Waals surface area contributed by atoms with Crippen LogP contribution in [0.3, 0.4) is 0 Å². The van der Waals surface area contributed by atoms with Crippen molar-refractivity contribution in [3.8, 4) is 0 Å². The van der Waals surface area contributed by atoms with Crippen molar-refractivity contribution in [1.29, 1.82) is 0 Å². The van der Waals surface area contributed by atoms with E-state index in [4.69, 9.17) is 0 Å². The molecule has 0 saturated carbocycles. The summed E-state index contributed by atoms with van der Waals surface area (Å²) in [7, 11) is 0. The minimum absolute atomic E-state index is 0.214. The Morgan fingerprint density at radius 1 is 1.08 bits per heavy atom. The highest BCUT2D eigenvalue weighted by Crippen LogP contribution is 2.24. The van der Waals surface area contributed by atoms with E-state index in [1.807, 2.05) is 6.07 Å². The Balaban J connectivity index is 1.67. The Bertz CT molecular complexity index is 849. The van der Waals surface area contributed by atoms with E-state index >= 15 is 0 Å². The summed E-state index contributed by atoms with van der Waals surface area (Å²) in [6.45, 7) is 5.69. The van der Waals surface area contributed by atoms with E-state index in [0.29, 0.717) is 12.5 Å². The number of anilines is 3. The molecule has 0 saturated heterocycles. The Morgan fingerprint density at radius 3 is 2.62 bits per heavy atom. The Kier molecular flexibility index (Phi) is 5.79.